The fraction of sp³-hybridized carbons (Fsp3) is 0.269. The van der Waals surface area contributed by atoms with Crippen molar-refractivity contribution in [1.29, 1.82) is 0 Å². The first-order chi connectivity index (χ1) is 16.4. The van der Waals surface area contributed by atoms with E-state index >= 15 is 0 Å². The number of halogens is 3. The number of alkyl halides is 3. The molecule has 0 atom stereocenters. The third-order valence-electron chi connectivity index (χ3n) is 5.80. The normalized spacial score (nSPS) is 16.1. The van der Waals surface area contributed by atoms with Gasteiger partial charge in [0.15, 0.2) is 0 Å². The van der Waals surface area contributed by atoms with E-state index in [0.717, 1.165) is 55.6 Å². The van der Waals surface area contributed by atoms with Crippen LogP contribution in [-0.2, 0) is 12.6 Å². The van der Waals surface area contributed by atoms with Crippen LogP contribution in [0.1, 0.15) is 47.2 Å². The molecular weight excluding hydrogens is 441 g/mol. The van der Waals surface area contributed by atoms with Gasteiger partial charge in [0, 0.05) is 30.3 Å². The van der Waals surface area contributed by atoms with E-state index in [-0.39, 0.29) is 11.9 Å². The third-order valence-corrected chi connectivity index (χ3v) is 5.80. The highest BCUT2D eigenvalue weighted by Gasteiger charge is 2.30. The van der Waals surface area contributed by atoms with Crippen LogP contribution in [-0.4, -0.2) is 21.9 Å². The van der Waals surface area contributed by atoms with Gasteiger partial charge in [-0.2, -0.15) is 13.2 Å². The molecule has 1 aromatic carbocycles. The summed E-state index contributed by atoms with van der Waals surface area (Å²) < 4.78 is 38.1. The fourth-order valence-corrected chi connectivity index (χ4v) is 3.92. The molecule has 2 heterocycles. The molecule has 1 amide bonds. The average Bonchev–Trinajstić information content (AvgIpc) is 2.84. The van der Waals surface area contributed by atoms with Crippen LogP contribution >= 0.6 is 0 Å². The highest BCUT2D eigenvalue weighted by molar-refractivity contribution is 5.94. The van der Waals surface area contributed by atoms with Crippen molar-refractivity contribution in [2.24, 2.45) is 0 Å². The van der Waals surface area contributed by atoms with Gasteiger partial charge in [-0.25, -0.2) is 4.98 Å². The van der Waals surface area contributed by atoms with Gasteiger partial charge in [0.1, 0.15) is 5.82 Å². The summed E-state index contributed by atoms with van der Waals surface area (Å²) in [6, 6.07) is 13.8. The number of amides is 1. The lowest BCUT2D eigenvalue weighted by Gasteiger charge is -2.25. The van der Waals surface area contributed by atoms with Gasteiger partial charge in [0.25, 0.3) is 5.91 Å². The number of allylic oxidation sites excluding steroid dienone is 2. The maximum absolute atomic E-state index is 12.7. The van der Waals surface area contributed by atoms with Crippen molar-refractivity contribution in [2.75, 3.05) is 5.32 Å². The van der Waals surface area contributed by atoms with Gasteiger partial charge in [-0.15, -0.1) is 0 Å². The van der Waals surface area contributed by atoms with Crippen molar-refractivity contribution in [3.05, 3.63) is 95.5 Å². The molecule has 0 aliphatic heterocycles. The van der Waals surface area contributed by atoms with Gasteiger partial charge < -0.3 is 10.6 Å². The number of aromatic nitrogens is 2. The van der Waals surface area contributed by atoms with Crippen LogP contribution in [0.15, 0.2) is 78.8 Å². The van der Waals surface area contributed by atoms with E-state index in [1.54, 1.807) is 24.5 Å². The summed E-state index contributed by atoms with van der Waals surface area (Å²) in [6.07, 6.45) is 6.31. The Labute approximate surface area is 196 Å². The molecule has 1 aliphatic carbocycles. The van der Waals surface area contributed by atoms with Crippen LogP contribution in [0.5, 0.6) is 0 Å². The van der Waals surface area contributed by atoms with E-state index in [4.69, 9.17) is 0 Å². The average molecular weight is 467 g/mol. The van der Waals surface area contributed by atoms with Gasteiger partial charge in [-0.1, -0.05) is 23.8 Å². The van der Waals surface area contributed by atoms with E-state index in [2.05, 4.69) is 26.7 Å². The standard InChI is InChI=1S/C26H25F3N4O/c27-26(28,29)21-10-13-24(31-17-21)32-23-5-1-3-19(15-23)7-6-18-8-11-22(12-9-18)33-25(34)20-4-2-14-30-16-20/h1-6,10,13-17,22H,7-9,11-12H2,(H,31,32)(H,33,34). The van der Waals surface area contributed by atoms with Crippen molar-refractivity contribution < 1.29 is 18.0 Å². The number of carbonyl (C=O) groups excluding carboxylic acids is 1. The van der Waals surface area contributed by atoms with Crippen molar-refractivity contribution in [2.45, 2.75) is 44.3 Å². The molecule has 4 rings (SSSR count). The molecule has 8 heteroatoms. The summed E-state index contributed by atoms with van der Waals surface area (Å²) in [4.78, 5) is 20.1. The Morgan fingerprint density at radius 1 is 1.06 bits per heavy atom. The van der Waals surface area contributed by atoms with E-state index in [9.17, 15) is 18.0 Å². The number of anilines is 2. The quantitative estimate of drug-likeness (QED) is 0.432. The number of benzene rings is 1. The minimum Gasteiger partial charge on any atom is -0.349 e. The molecule has 0 bridgehead atoms. The number of hydrogen-bond acceptors (Lipinski definition) is 4. The third kappa shape index (κ3) is 6.43. The summed E-state index contributed by atoms with van der Waals surface area (Å²) in [6.45, 7) is 0. The monoisotopic (exact) mass is 466 g/mol. The first kappa shape index (κ1) is 23.5. The minimum absolute atomic E-state index is 0.0858. The number of hydrogen-bond donors (Lipinski definition) is 2. The van der Waals surface area contributed by atoms with Crippen LogP contribution in [0.3, 0.4) is 0 Å². The molecule has 0 saturated heterocycles. The van der Waals surface area contributed by atoms with Crippen molar-refractivity contribution in [1.82, 2.24) is 15.3 Å². The largest absolute Gasteiger partial charge is 0.417 e. The van der Waals surface area contributed by atoms with Crippen molar-refractivity contribution in [3.8, 4) is 0 Å². The second-order valence-corrected chi connectivity index (χ2v) is 8.31. The van der Waals surface area contributed by atoms with Gasteiger partial charge in [0.05, 0.1) is 11.1 Å². The second-order valence-electron chi connectivity index (χ2n) is 8.31. The Morgan fingerprint density at radius 2 is 1.88 bits per heavy atom. The zero-order valence-corrected chi connectivity index (χ0v) is 18.5. The van der Waals surface area contributed by atoms with Gasteiger partial charge in [-0.3, -0.25) is 9.78 Å². The topological polar surface area (TPSA) is 66.9 Å². The highest BCUT2D eigenvalue weighted by Crippen LogP contribution is 2.29. The molecule has 1 aliphatic rings. The summed E-state index contributed by atoms with van der Waals surface area (Å²) in [5, 5.41) is 6.14. The molecule has 1 saturated carbocycles. The maximum atomic E-state index is 12.7. The van der Waals surface area contributed by atoms with Crippen LogP contribution in [0.2, 0.25) is 0 Å². The first-order valence-corrected chi connectivity index (χ1v) is 11.1. The van der Waals surface area contributed by atoms with Crippen molar-refractivity contribution in [3.63, 3.8) is 0 Å². The molecule has 176 valence electrons. The summed E-state index contributed by atoms with van der Waals surface area (Å²) >= 11 is 0. The Morgan fingerprint density at radius 3 is 2.56 bits per heavy atom. The van der Waals surface area contributed by atoms with E-state index < -0.39 is 11.7 Å². The number of nitrogens with zero attached hydrogens (tertiary/aromatic N) is 2. The number of nitrogens with one attached hydrogen (secondary N) is 2. The Hall–Kier alpha value is -3.68. The number of pyridine rings is 2. The van der Waals surface area contributed by atoms with Crippen LogP contribution in [0.4, 0.5) is 24.7 Å². The van der Waals surface area contributed by atoms with Crippen LogP contribution in [0, 0.1) is 0 Å². The fourth-order valence-electron chi connectivity index (χ4n) is 3.92. The number of carbonyl (C=O) groups is 1. The van der Waals surface area contributed by atoms with Crippen molar-refractivity contribution >= 4 is 17.4 Å². The minimum atomic E-state index is -4.40. The zero-order chi connectivity index (χ0) is 24.0. The lowest BCUT2D eigenvalue weighted by atomic mass is 9.89. The number of rotatable bonds is 6. The summed E-state index contributed by atoms with van der Waals surface area (Å²) in [5.41, 5.74) is 3.03. The van der Waals surface area contributed by atoms with Gasteiger partial charge >= 0.3 is 6.18 Å². The van der Waals surface area contributed by atoms with Crippen LogP contribution < -0.4 is 10.6 Å². The summed E-state index contributed by atoms with van der Waals surface area (Å²) in [7, 11) is 0. The van der Waals surface area contributed by atoms with Gasteiger partial charge in [0.2, 0.25) is 0 Å². The molecule has 34 heavy (non-hydrogen) atoms. The predicted molar refractivity (Wildman–Crippen MR) is 125 cm³/mol. The molecule has 1 fully saturated rings. The molecule has 5 nitrogen and oxygen atoms in total. The van der Waals surface area contributed by atoms with Gasteiger partial charge in [-0.05, 0) is 74.1 Å². The molecule has 2 N–H and O–H groups in total. The predicted octanol–water partition coefficient (Wildman–Crippen LogP) is 6.08. The molecule has 2 aromatic heterocycles. The zero-order valence-electron chi connectivity index (χ0n) is 18.5. The molecule has 0 radical (unpaired) electrons. The Kier molecular flexibility index (Phi) is 7.25. The first-order valence-electron chi connectivity index (χ1n) is 11.1. The Bertz CT molecular complexity index is 1130. The molecule has 3 aromatic rings. The van der Waals surface area contributed by atoms with E-state index in [1.165, 1.54) is 11.6 Å². The van der Waals surface area contributed by atoms with E-state index in [0.29, 0.717) is 11.4 Å². The maximum Gasteiger partial charge on any atom is 0.417 e. The lowest BCUT2D eigenvalue weighted by Crippen LogP contribution is -2.36. The lowest BCUT2D eigenvalue weighted by molar-refractivity contribution is -0.137. The second kappa shape index (κ2) is 10.5. The summed E-state index contributed by atoms with van der Waals surface area (Å²) in [5.74, 6) is 0.271. The SMILES string of the molecule is O=C(NC1CCC(=CCc2cccc(Nc3ccc(C(F)(F)F)cn3)c2)CC1)c1cccnc1. The highest BCUT2D eigenvalue weighted by atomic mass is 19.4. The van der Waals surface area contributed by atoms with E-state index in [1.807, 2.05) is 24.3 Å². The molecular formula is C26H25F3N4O. The smallest absolute Gasteiger partial charge is 0.349 e. The van der Waals surface area contributed by atoms with Crippen LogP contribution in [0.25, 0.3) is 0 Å². The Balaban J connectivity index is 1.28. The molecule has 0 unspecified atom stereocenters. The molecule has 0 spiro atoms.